The Bertz CT molecular complexity index is 796. The van der Waals surface area contributed by atoms with E-state index in [9.17, 15) is 4.79 Å². The number of para-hydroxylation sites is 1. The van der Waals surface area contributed by atoms with E-state index in [4.69, 9.17) is 18.9 Å². The van der Waals surface area contributed by atoms with Crippen LogP contribution in [0.5, 0.6) is 23.0 Å². The quantitative estimate of drug-likeness (QED) is 0.636. The van der Waals surface area contributed by atoms with Gasteiger partial charge < -0.3 is 24.3 Å². The molecule has 0 radical (unpaired) electrons. The first-order valence-corrected chi connectivity index (χ1v) is 9.76. The molecule has 0 aliphatic carbocycles. The molecule has 6 heteroatoms. The molecule has 29 heavy (non-hydrogen) atoms. The molecule has 0 saturated heterocycles. The monoisotopic (exact) mass is 401 g/mol. The summed E-state index contributed by atoms with van der Waals surface area (Å²) in [6.07, 6.45) is 1.00. The van der Waals surface area contributed by atoms with Crippen molar-refractivity contribution in [2.45, 2.75) is 39.2 Å². The molecule has 0 spiro atoms. The third kappa shape index (κ3) is 5.56. The fraction of sp³-hybridized carbons (Fsp3) is 0.435. The van der Waals surface area contributed by atoms with Crippen LogP contribution in [0.15, 0.2) is 36.4 Å². The van der Waals surface area contributed by atoms with Crippen LogP contribution in [0.4, 0.5) is 0 Å². The minimum Gasteiger partial charge on any atom is -0.493 e. The lowest BCUT2D eigenvalue weighted by Crippen LogP contribution is -2.31. The molecule has 1 N–H and O–H groups in total. The third-order valence-corrected chi connectivity index (χ3v) is 4.99. The zero-order valence-corrected chi connectivity index (χ0v) is 18.1. The zero-order valence-electron chi connectivity index (χ0n) is 18.1. The Balaban J connectivity index is 2.07. The summed E-state index contributed by atoms with van der Waals surface area (Å²) in [6, 6.07) is 11.2. The topological polar surface area (TPSA) is 66.0 Å². The maximum atomic E-state index is 12.5. The van der Waals surface area contributed by atoms with Crippen LogP contribution >= 0.6 is 0 Å². The number of amides is 1. The van der Waals surface area contributed by atoms with Crippen molar-refractivity contribution in [2.75, 3.05) is 27.9 Å². The van der Waals surface area contributed by atoms with Gasteiger partial charge in [0.25, 0.3) is 5.91 Å². The number of ether oxygens (including phenoxy) is 4. The first-order chi connectivity index (χ1) is 13.9. The molecular formula is C23H31NO5. The van der Waals surface area contributed by atoms with Crippen LogP contribution in [0.2, 0.25) is 0 Å². The molecule has 2 aromatic rings. The van der Waals surface area contributed by atoms with Crippen molar-refractivity contribution in [2.24, 2.45) is 0 Å². The molecule has 2 unspecified atom stereocenters. The van der Waals surface area contributed by atoms with Crippen LogP contribution in [0.1, 0.15) is 50.3 Å². The summed E-state index contributed by atoms with van der Waals surface area (Å²) in [5.41, 5.74) is 1.95. The normalized spacial score (nSPS) is 12.6. The third-order valence-electron chi connectivity index (χ3n) is 4.99. The van der Waals surface area contributed by atoms with Gasteiger partial charge in [0.1, 0.15) is 5.75 Å². The van der Waals surface area contributed by atoms with Gasteiger partial charge in [-0.25, -0.2) is 0 Å². The van der Waals surface area contributed by atoms with Crippen molar-refractivity contribution in [3.63, 3.8) is 0 Å². The van der Waals surface area contributed by atoms with Gasteiger partial charge in [-0.2, -0.15) is 0 Å². The highest BCUT2D eigenvalue weighted by atomic mass is 16.5. The van der Waals surface area contributed by atoms with Gasteiger partial charge in [-0.3, -0.25) is 4.79 Å². The molecule has 2 aromatic carbocycles. The fourth-order valence-corrected chi connectivity index (χ4v) is 3.10. The van der Waals surface area contributed by atoms with E-state index in [0.717, 1.165) is 23.3 Å². The van der Waals surface area contributed by atoms with Gasteiger partial charge >= 0.3 is 0 Å². The second-order valence-electron chi connectivity index (χ2n) is 6.88. The Morgan fingerprint density at radius 3 is 2.14 bits per heavy atom. The van der Waals surface area contributed by atoms with Crippen LogP contribution in [0.3, 0.4) is 0 Å². The van der Waals surface area contributed by atoms with Gasteiger partial charge in [-0.15, -0.1) is 0 Å². The first kappa shape index (κ1) is 22.4. The number of hydrogen-bond acceptors (Lipinski definition) is 5. The van der Waals surface area contributed by atoms with Crippen LogP contribution in [-0.2, 0) is 4.79 Å². The number of hydrogen-bond donors (Lipinski definition) is 1. The van der Waals surface area contributed by atoms with Gasteiger partial charge in [0.2, 0.25) is 5.75 Å². The van der Waals surface area contributed by atoms with Crippen molar-refractivity contribution >= 4 is 5.91 Å². The summed E-state index contributed by atoms with van der Waals surface area (Å²) in [6.45, 7) is 6.12. The molecule has 0 fully saturated rings. The highest BCUT2D eigenvalue weighted by molar-refractivity contribution is 5.78. The van der Waals surface area contributed by atoms with Crippen LogP contribution < -0.4 is 24.3 Å². The average Bonchev–Trinajstić information content (AvgIpc) is 2.75. The van der Waals surface area contributed by atoms with E-state index in [-0.39, 0.29) is 18.6 Å². The molecule has 6 nitrogen and oxygen atoms in total. The number of benzene rings is 2. The molecule has 0 aromatic heterocycles. The lowest BCUT2D eigenvalue weighted by molar-refractivity contribution is -0.123. The first-order valence-electron chi connectivity index (χ1n) is 9.76. The second-order valence-corrected chi connectivity index (χ2v) is 6.88. The molecular weight excluding hydrogens is 370 g/mol. The van der Waals surface area contributed by atoms with Gasteiger partial charge in [0, 0.05) is 0 Å². The highest BCUT2D eigenvalue weighted by Gasteiger charge is 2.18. The Morgan fingerprint density at radius 2 is 1.59 bits per heavy atom. The van der Waals surface area contributed by atoms with E-state index >= 15 is 0 Å². The second kappa shape index (κ2) is 10.6. The van der Waals surface area contributed by atoms with Crippen LogP contribution in [0, 0.1) is 0 Å². The average molecular weight is 402 g/mol. The summed E-state index contributed by atoms with van der Waals surface area (Å²) in [5.74, 6) is 2.51. The minimum atomic E-state index is -0.260. The number of rotatable bonds is 10. The Labute approximate surface area is 173 Å². The fourth-order valence-electron chi connectivity index (χ4n) is 3.10. The van der Waals surface area contributed by atoms with Crippen molar-refractivity contribution in [1.82, 2.24) is 5.32 Å². The van der Waals surface area contributed by atoms with Crippen molar-refractivity contribution < 1.29 is 23.7 Å². The number of nitrogens with one attached hydrogen (secondary N) is 1. The lowest BCUT2D eigenvalue weighted by Gasteiger charge is -2.19. The van der Waals surface area contributed by atoms with Gasteiger partial charge in [0.15, 0.2) is 18.1 Å². The van der Waals surface area contributed by atoms with E-state index in [1.165, 1.54) is 0 Å². The van der Waals surface area contributed by atoms with E-state index in [2.05, 4.69) is 19.2 Å². The number of methoxy groups -OCH3 is 3. The van der Waals surface area contributed by atoms with E-state index in [1.54, 1.807) is 21.3 Å². The predicted octanol–water partition coefficient (Wildman–Crippen LogP) is 4.48. The summed E-state index contributed by atoms with van der Waals surface area (Å²) in [4.78, 5) is 12.5. The van der Waals surface area contributed by atoms with Crippen molar-refractivity contribution in [3.05, 3.63) is 47.5 Å². The SMILES string of the molecule is CCC(C)c1ccccc1OCC(=O)NC(C)c1cc(OC)c(OC)c(OC)c1. The molecule has 0 saturated carbocycles. The molecule has 0 bridgehead atoms. The molecule has 158 valence electrons. The maximum Gasteiger partial charge on any atom is 0.258 e. The standard InChI is InChI=1S/C23H31NO5/c1-7-15(2)18-10-8-9-11-19(18)29-14-22(25)24-16(3)17-12-20(26-4)23(28-6)21(13-17)27-5/h8-13,15-16H,7,14H2,1-6H3,(H,24,25). The van der Waals surface area contributed by atoms with E-state index < -0.39 is 0 Å². The highest BCUT2D eigenvalue weighted by Crippen LogP contribution is 2.39. The smallest absolute Gasteiger partial charge is 0.258 e. The van der Waals surface area contributed by atoms with Gasteiger partial charge in [-0.05, 0) is 48.6 Å². The molecule has 1 amide bonds. The van der Waals surface area contributed by atoms with Crippen LogP contribution in [-0.4, -0.2) is 33.8 Å². The summed E-state index contributed by atoms with van der Waals surface area (Å²) in [5, 5.41) is 2.95. The molecule has 2 rings (SSSR count). The van der Waals surface area contributed by atoms with E-state index in [1.807, 2.05) is 43.3 Å². The minimum absolute atomic E-state index is 0.0534. The van der Waals surface area contributed by atoms with Gasteiger partial charge in [0.05, 0.1) is 27.4 Å². The van der Waals surface area contributed by atoms with Gasteiger partial charge in [-0.1, -0.05) is 32.0 Å². The Hall–Kier alpha value is -2.89. The summed E-state index contributed by atoms with van der Waals surface area (Å²) in [7, 11) is 4.68. The predicted molar refractivity (Wildman–Crippen MR) is 113 cm³/mol. The lowest BCUT2D eigenvalue weighted by atomic mass is 9.98. The molecule has 0 aliphatic heterocycles. The molecule has 0 heterocycles. The molecule has 0 aliphatic rings. The molecule has 2 atom stereocenters. The largest absolute Gasteiger partial charge is 0.493 e. The Kier molecular flexibility index (Phi) is 8.19. The van der Waals surface area contributed by atoms with Crippen molar-refractivity contribution in [1.29, 1.82) is 0 Å². The van der Waals surface area contributed by atoms with E-state index in [0.29, 0.717) is 23.2 Å². The summed E-state index contributed by atoms with van der Waals surface area (Å²) < 4.78 is 21.9. The number of carbonyl (C=O) groups is 1. The summed E-state index contributed by atoms with van der Waals surface area (Å²) >= 11 is 0. The Morgan fingerprint density at radius 1 is 0.966 bits per heavy atom. The maximum absolute atomic E-state index is 12.5. The number of carbonyl (C=O) groups excluding carboxylic acids is 1. The van der Waals surface area contributed by atoms with Crippen molar-refractivity contribution in [3.8, 4) is 23.0 Å². The zero-order chi connectivity index (χ0) is 21.4. The van der Waals surface area contributed by atoms with Crippen LogP contribution in [0.25, 0.3) is 0 Å².